The van der Waals surface area contributed by atoms with Crippen LogP contribution >= 0.6 is 0 Å². The van der Waals surface area contributed by atoms with Gasteiger partial charge in [-0.05, 0) is 61.6 Å². The second-order valence-electron chi connectivity index (χ2n) is 7.18. The summed E-state index contributed by atoms with van der Waals surface area (Å²) in [6.45, 7) is 8.83. The second-order valence-corrected chi connectivity index (χ2v) is 7.18. The van der Waals surface area contributed by atoms with Crippen molar-refractivity contribution in [3.8, 4) is 11.1 Å². The Hall–Kier alpha value is -2.02. The molecule has 0 aromatic heterocycles. The lowest BCUT2D eigenvalue weighted by Gasteiger charge is -2.18. The highest BCUT2D eigenvalue weighted by Gasteiger charge is 2.32. The minimum Gasteiger partial charge on any atom is -0.0824 e. The van der Waals surface area contributed by atoms with Crippen molar-refractivity contribution in [1.82, 2.24) is 0 Å². The maximum atomic E-state index is 2.53. The first-order valence-corrected chi connectivity index (χ1v) is 8.46. The predicted octanol–water partition coefficient (Wildman–Crippen LogP) is 5.77. The Labute approximate surface area is 140 Å². The fourth-order valence-electron chi connectivity index (χ4n) is 4.08. The molecule has 2 aliphatic rings. The number of hydrogen-bond donors (Lipinski definition) is 0. The zero-order valence-corrected chi connectivity index (χ0v) is 14.4. The van der Waals surface area contributed by atoms with E-state index in [1.807, 2.05) is 0 Å². The Kier molecular flexibility index (Phi) is 3.34. The second kappa shape index (κ2) is 5.27. The van der Waals surface area contributed by atoms with Gasteiger partial charge in [0.25, 0.3) is 0 Å². The van der Waals surface area contributed by atoms with Crippen LogP contribution in [0.3, 0.4) is 0 Å². The van der Waals surface area contributed by atoms with Crippen molar-refractivity contribution in [2.75, 3.05) is 0 Å². The van der Waals surface area contributed by atoms with Gasteiger partial charge in [-0.3, -0.25) is 0 Å². The summed E-state index contributed by atoms with van der Waals surface area (Å²) in [6.07, 6.45) is 4.70. The number of aryl methyl sites for hydroxylation is 2. The first kappa shape index (κ1) is 14.6. The van der Waals surface area contributed by atoms with Gasteiger partial charge in [-0.15, -0.1) is 0 Å². The molecule has 4 rings (SSSR count). The summed E-state index contributed by atoms with van der Waals surface area (Å²) in [5, 5.41) is 0. The minimum atomic E-state index is 0.398. The maximum Gasteiger partial charge on any atom is 0.140 e. The third-order valence-corrected chi connectivity index (χ3v) is 5.20. The highest BCUT2D eigenvalue weighted by molar-refractivity contribution is 6.44. The van der Waals surface area contributed by atoms with Crippen LogP contribution < -0.4 is 0 Å². The van der Waals surface area contributed by atoms with Crippen molar-refractivity contribution in [2.24, 2.45) is 0 Å². The summed E-state index contributed by atoms with van der Waals surface area (Å²) in [5.41, 5.74) is 11.3. The molecule has 2 aliphatic carbocycles. The van der Waals surface area contributed by atoms with Gasteiger partial charge < -0.3 is 0 Å². The van der Waals surface area contributed by atoms with E-state index in [1.54, 1.807) is 0 Å². The summed E-state index contributed by atoms with van der Waals surface area (Å²) in [7, 11) is 2.53. The molecule has 2 aromatic carbocycles. The lowest BCUT2D eigenvalue weighted by molar-refractivity contribution is 1.10. The van der Waals surface area contributed by atoms with E-state index in [0.29, 0.717) is 11.6 Å². The molecule has 1 unspecified atom stereocenters. The first-order chi connectivity index (χ1) is 11.0. The van der Waals surface area contributed by atoms with Gasteiger partial charge in [0.2, 0.25) is 0 Å². The maximum absolute atomic E-state index is 2.53. The zero-order chi connectivity index (χ0) is 16.1. The quantitative estimate of drug-likeness (QED) is 0.617. The number of hydrogen-bond acceptors (Lipinski definition) is 0. The highest BCUT2D eigenvalue weighted by atomic mass is 14.3. The lowest BCUT2D eigenvalue weighted by Crippen LogP contribution is -2.12. The van der Waals surface area contributed by atoms with Crippen LogP contribution in [0, 0.1) is 13.8 Å². The SMILES string of the molecule is CC1=CC([B]C2c3cc(C)ccc3-c3ccc(C)cc32)C(C)=C1. The van der Waals surface area contributed by atoms with Gasteiger partial charge in [0.1, 0.15) is 7.28 Å². The van der Waals surface area contributed by atoms with E-state index in [-0.39, 0.29) is 0 Å². The molecule has 0 fully saturated rings. The molecule has 0 saturated carbocycles. The van der Waals surface area contributed by atoms with Crippen molar-refractivity contribution in [1.29, 1.82) is 0 Å². The van der Waals surface area contributed by atoms with Crippen molar-refractivity contribution in [3.05, 3.63) is 82.0 Å². The molecule has 1 heteroatoms. The minimum absolute atomic E-state index is 0.398. The van der Waals surface area contributed by atoms with E-state index >= 15 is 0 Å². The molecule has 0 saturated heterocycles. The summed E-state index contributed by atoms with van der Waals surface area (Å²) in [4.78, 5) is 0. The monoisotopic (exact) mass is 297 g/mol. The van der Waals surface area contributed by atoms with Crippen molar-refractivity contribution >= 4 is 7.28 Å². The van der Waals surface area contributed by atoms with Crippen LogP contribution in [0.1, 0.15) is 41.9 Å². The van der Waals surface area contributed by atoms with Crippen LogP contribution in [0.25, 0.3) is 11.1 Å². The van der Waals surface area contributed by atoms with E-state index in [9.17, 15) is 0 Å². The van der Waals surface area contributed by atoms with Crippen molar-refractivity contribution < 1.29 is 0 Å². The Morgan fingerprint density at radius 2 is 1.35 bits per heavy atom. The van der Waals surface area contributed by atoms with Crippen LogP contribution in [0.4, 0.5) is 0 Å². The Balaban J connectivity index is 1.82. The molecule has 0 nitrogen and oxygen atoms in total. The fourth-order valence-corrected chi connectivity index (χ4v) is 4.08. The van der Waals surface area contributed by atoms with Gasteiger partial charge >= 0.3 is 0 Å². The summed E-state index contributed by atoms with van der Waals surface area (Å²) in [6, 6.07) is 13.8. The Morgan fingerprint density at radius 3 is 1.83 bits per heavy atom. The molecule has 23 heavy (non-hydrogen) atoms. The average Bonchev–Trinajstić information content (AvgIpc) is 2.97. The number of allylic oxidation sites excluding steroid dienone is 4. The number of fused-ring (bicyclic) bond motifs is 3. The molecule has 0 N–H and O–H groups in total. The molecule has 0 aliphatic heterocycles. The first-order valence-electron chi connectivity index (χ1n) is 8.46. The summed E-state index contributed by atoms with van der Waals surface area (Å²) < 4.78 is 0. The van der Waals surface area contributed by atoms with Crippen LogP contribution in [0.15, 0.2) is 59.7 Å². The van der Waals surface area contributed by atoms with Gasteiger partial charge in [-0.1, -0.05) is 70.8 Å². The normalized spacial score (nSPS) is 19.2. The topological polar surface area (TPSA) is 0 Å². The molecule has 0 spiro atoms. The van der Waals surface area contributed by atoms with Crippen LogP contribution in [-0.4, -0.2) is 7.28 Å². The zero-order valence-electron chi connectivity index (χ0n) is 14.4. The van der Waals surface area contributed by atoms with Gasteiger partial charge in [0.05, 0.1) is 0 Å². The molecular weight excluding hydrogens is 275 g/mol. The largest absolute Gasteiger partial charge is 0.140 e. The predicted molar refractivity (Wildman–Crippen MR) is 100 cm³/mol. The summed E-state index contributed by atoms with van der Waals surface area (Å²) in [5.74, 6) is 0.857. The van der Waals surface area contributed by atoms with Gasteiger partial charge in [-0.2, -0.15) is 0 Å². The lowest BCUT2D eigenvalue weighted by atomic mass is 9.51. The molecule has 1 radical (unpaired) electrons. The van der Waals surface area contributed by atoms with E-state index in [0.717, 1.165) is 0 Å². The van der Waals surface area contributed by atoms with Crippen LogP contribution in [0.2, 0.25) is 5.82 Å². The van der Waals surface area contributed by atoms with Gasteiger partial charge in [0.15, 0.2) is 0 Å². The van der Waals surface area contributed by atoms with E-state index in [2.05, 4.69) is 83.5 Å². The highest BCUT2D eigenvalue weighted by Crippen LogP contribution is 2.47. The molecular formula is C22H22B. The van der Waals surface area contributed by atoms with Crippen molar-refractivity contribution in [2.45, 2.75) is 39.3 Å². The molecule has 1 atom stereocenters. The third-order valence-electron chi connectivity index (χ3n) is 5.20. The van der Waals surface area contributed by atoms with E-state index in [1.165, 1.54) is 44.5 Å². The number of benzene rings is 2. The Bertz CT molecular complexity index is 803. The molecule has 0 amide bonds. The third kappa shape index (κ3) is 2.39. The van der Waals surface area contributed by atoms with Gasteiger partial charge in [0, 0.05) is 0 Å². The van der Waals surface area contributed by atoms with Crippen LogP contribution in [-0.2, 0) is 0 Å². The summed E-state index contributed by atoms with van der Waals surface area (Å²) >= 11 is 0. The molecule has 0 bridgehead atoms. The number of rotatable bonds is 2. The molecule has 113 valence electrons. The Morgan fingerprint density at radius 1 is 0.783 bits per heavy atom. The fraction of sp³-hybridized carbons (Fsp3) is 0.273. The smallest absolute Gasteiger partial charge is 0.0824 e. The van der Waals surface area contributed by atoms with E-state index in [4.69, 9.17) is 0 Å². The van der Waals surface area contributed by atoms with Crippen molar-refractivity contribution in [3.63, 3.8) is 0 Å². The molecule has 2 aromatic rings. The van der Waals surface area contributed by atoms with E-state index < -0.39 is 0 Å². The van der Waals surface area contributed by atoms with Crippen LogP contribution in [0.5, 0.6) is 0 Å². The average molecular weight is 297 g/mol. The molecule has 0 heterocycles. The van der Waals surface area contributed by atoms with Gasteiger partial charge in [-0.25, -0.2) is 0 Å². The standard InChI is InChI=1S/C22H22B/c1-13-5-7-17-18-8-6-14(2)11-20(18)22(19(17)10-13)23-21-12-15(3)9-16(21)4/h5-12,21-22H,1-4H3.